The van der Waals surface area contributed by atoms with Crippen LogP contribution in [0.3, 0.4) is 0 Å². The van der Waals surface area contributed by atoms with E-state index in [1.165, 1.54) is 50.8 Å². The van der Waals surface area contributed by atoms with Gasteiger partial charge in [0.1, 0.15) is 0 Å². The van der Waals surface area contributed by atoms with E-state index in [-0.39, 0.29) is 0 Å². The Balaban J connectivity index is 1.53. The molecule has 2 unspecified atom stereocenters. The lowest BCUT2D eigenvalue weighted by molar-refractivity contribution is 0.503. The first-order valence-electron chi connectivity index (χ1n) is 6.23. The predicted molar refractivity (Wildman–Crippen MR) is 64.9 cm³/mol. The van der Waals surface area contributed by atoms with Crippen LogP contribution in [0.2, 0.25) is 0 Å². The maximum absolute atomic E-state index is 3.73. The zero-order chi connectivity index (χ0) is 9.80. The van der Waals surface area contributed by atoms with Gasteiger partial charge in [-0.3, -0.25) is 0 Å². The maximum atomic E-state index is 3.73. The van der Waals surface area contributed by atoms with E-state index >= 15 is 0 Å². The number of thioether (sulfide) groups is 1. The third kappa shape index (κ3) is 3.47. The van der Waals surface area contributed by atoms with Crippen molar-refractivity contribution in [2.24, 2.45) is 5.92 Å². The second-order valence-corrected chi connectivity index (χ2v) is 6.35. The summed E-state index contributed by atoms with van der Waals surface area (Å²) in [5, 5.41) is 4.68. The molecule has 1 N–H and O–H groups in total. The van der Waals surface area contributed by atoms with Gasteiger partial charge in [0.2, 0.25) is 0 Å². The highest BCUT2D eigenvalue weighted by Gasteiger charge is 2.25. The Bertz CT molecular complexity index is 168. The molecular formula is C12H23NS. The minimum Gasteiger partial charge on any atom is -0.314 e. The molecule has 2 rings (SSSR count). The Morgan fingerprint density at radius 3 is 2.79 bits per heavy atom. The molecule has 0 aromatic carbocycles. The molecule has 2 saturated carbocycles. The lowest BCUT2D eigenvalue weighted by Gasteiger charge is -2.12. The highest BCUT2D eigenvalue weighted by atomic mass is 32.2. The number of nitrogens with one attached hydrogen (secondary N) is 1. The molecule has 2 heteroatoms. The molecule has 0 saturated heterocycles. The zero-order valence-corrected chi connectivity index (χ0v) is 10.1. The lowest BCUT2D eigenvalue weighted by atomic mass is 10.2. The Labute approximate surface area is 92.4 Å². The van der Waals surface area contributed by atoms with Crippen LogP contribution >= 0.6 is 11.8 Å². The third-order valence-electron chi connectivity index (χ3n) is 3.47. The first kappa shape index (κ1) is 10.8. The van der Waals surface area contributed by atoms with Crippen LogP contribution in [0, 0.1) is 5.92 Å². The Morgan fingerprint density at radius 2 is 2.07 bits per heavy atom. The van der Waals surface area contributed by atoms with Gasteiger partial charge in [-0.05, 0) is 43.9 Å². The monoisotopic (exact) mass is 213 g/mol. The summed E-state index contributed by atoms with van der Waals surface area (Å²) in [7, 11) is 0. The van der Waals surface area contributed by atoms with Gasteiger partial charge in [-0.15, -0.1) is 0 Å². The highest BCUT2D eigenvalue weighted by molar-refractivity contribution is 7.99. The van der Waals surface area contributed by atoms with Crippen molar-refractivity contribution in [3.8, 4) is 0 Å². The van der Waals surface area contributed by atoms with E-state index in [0.29, 0.717) is 0 Å². The summed E-state index contributed by atoms with van der Waals surface area (Å²) in [6.07, 6.45) is 8.72. The summed E-state index contributed by atoms with van der Waals surface area (Å²) in [5.74, 6) is 2.38. The van der Waals surface area contributed by atoms with Crippen molar-refractivity contribution in [2.75, 3.05) is 12.3 Å². The van der Waals surface area contributed by atoms with Crippen LogP contribution in [-0.4, -0.2) is 23.6 Å². The SMILES string of the molecule is CCSC1CCC(NCCC2CC2)C1. The first-order chi connectivity index (χ1) is 6.88. The second kappa shape index (κ2) is 5.41. The molecule has 2 atom stereocenters. The molecule has 14 heavy (non-hydrogen) atoms. The average molecular weight is 213 g/mol. The van der Waals surface area contributed by atoms with Gasteiger partial charge in [-0.25, -0.2) is 0 Å². The van der Waals surface area contributed by atoms with E-state index in [1.807, 2.05) is 0 Å². The minimum atomic E-state index is 0.845. The highest BCUT2D eigenvalue weighted by Crippen LogP contribution is 2.33. The zero-order valence-electron chi connectivity index (χ0n) is 9.30. The molecule has 0 bridgehead atoms. The molecule has 2 aliphatic carbocycles. The predicted octanol–water partition coefficient (Wildman–Crippen LogP) is 3.05. The molecule has 0 radical (unpaired) electrons. The van der Waals surface area contributed by atoms with Gasteiger partial charge >= 0.3 is 0 Å². The van der Waals surface area contributed by atoms with E-state index < -0.39 is 0 Å². The van der Waals surface area contributed by atoms with Crippen LogP contribution < -0.4 is 5.32 Å². The normalized spacial score (nSPS) is 32.4. The molecular weight excluding hydrogens is 190 g/mol. The molecule has 2 fully saturated rings. The van der Waals surface area contributed by atoms with Crippen molar-refractivity contribution in [2.45, 2.75) is 56.7 Å². The van der Waals surface area contributed by atoms with E-state index in [9.17, 15) is 0 Å². The molecule has 0 aromatic heterocycles. The van der Waals surface area contributed by atoms with Gasteiger partial charge < -0.3 is 5.32 Å². The first-order valence-corrected chi connectivity index (χ1v) is 7.28. The molecule has 0 spiro atoms. The van der Waals surface area contributed by atoms with Crippen molar-refractivity contribution in [1.29, 1.82) is 0 Å². The van der Waals surface area contributed by atoms with E-state index in [4.69, 9.17) is 0 Å². The van der Waals surface area contributed by atoms with Crippen molar-refractivity contribution < 1.29 is 0 Å². The van der Waals surface area contributed by atoms with Crippen molar-refractivity contribution in [3.63, 3.8) is 0 Å². The van der Waals surface area contributed by atoms with Gasteiger partial charge in [0, 0.05) is 11.3 Å². The van der Waals surface area contributed by atoms with Gasteiger partial charge in [-0.2, -0.15) is 11.8 Å². The third-order valence-corrected chi connectivity index (χ3v) is 4.70. The van der Waals surface area contributed by atoms with Crippen molar-refractivity contribution in [1.82, 2.24) is 5.32 Å². The topological polar surface area (TPSA) is 12.0 Å². The van der Waals surface area contributed by atoms with Crippen LogP contribution in [0.15, 0.2) is 0 Å². The summed E-state index contributed by atoms with van der Waals surface area (Å²) in [4.78, 5) is 0. The van der Waals surface area contributed by atoms with Gasteiger partial charge in [0.15, 0.2) is 0 Å². The molecule has 2 aliphatic rings. The van der Waals surface area contributed by atoms with Crippen LogP contribution in [0.1, 0.15) is 45.4 Å². The number of hydrogen-bond acceptors (Lipinski definition) is 2. The fourth-order valence-electron chi connectivity index (χ4n) is 2.41. The standard InChI is InChI=1S/C12H23NS/c1-2-14-12-6-5-11(9-12)13-8-7-10-3-4-10/h10-13H,2-9H2,1H3. The maximum Gasteiger partial charge on any atom is 0.00780 e. The summed E-state index contributed by atoms with van der Waals surface area (Å²) in [6.45, 7) is 3.55. The lowest BCUT2D eigenvalue weighted by Crippen LogP contribution is -2.27. The molecule has 0 amide bonds. The Kier molecular flexibility index (Phi) is 4.18. The Morgan fingerprint density at radius 1 is 1.21 bits per heavy atom. The molecule has 0 aromatic rings. The summed E-state index contributed by atoms with van der Waals surface area (Å²) in [6, 6.07) is 0.845. The summed E-state index contributed by atoms with van der Waals surface area (Å²) < 4.78 is 0. The average Bonchev–Trinajstić information content (AvgIpc) is 2.88. The largest absolute Gasteiger partial charge is 0.314 e. The van der Waals surface area contributed by atoms with Crippen molar-refractivity contribution >= 4 is 11.8 Å². The van der Waals surface area contributed by atoms with Gasteiger partial charge in [-0.1, -0.05) is 19.8 Å². The van der Waals surface area contributed by atoms with Crippen LogP contribution in [0.4, 0.5) is 0 Å². The number of hydrogen-bond donors (Lipinski definition) is 1. The molecule has 0 aliphatic heterocycles. The van der Waals surface area contributed by atoms with E-state index in [0.717, 1.165) is 17.2 Å². The van der Waals surface area contributed by atoms with Crippen LogP contribution in [0.5, 0.6) is 0 Å². The van der Waals surface area contributed by atoms with Gasteiger partial charge in [0.05, 0.1) is 0 Å². The summed E-state index contributed by atoms with van der Waals surface area (Å²) in [5.41, 5.74) is 0. The van der Waals surface area contributed by atoms with E-state index in [2.05, 4.69) is 24.0 Å². The van der Waals surface area contributed by atoms with Crippen LogP contribution in [0.25, 0.3) is 0 Å². The fourth-order valence-corrected chi connectivity index (χ4v) is 3.55. The fraction of sp³-hybridized carbons (Fsp3) is 1.00. The minimum absolute atomic E-state index is 0.845. The van der Waals surface area contributed by atoms with Gasteiger partial charge in [0.25, 0.3) is 0 Å². The van der Waals surface area contributed by atoms with E-state index in [1.54, 1.807) is 0 Å². The smallest absolute Gasteiger partial charge is 0.00780 e. The number of rotatable bonds is 6. The molecule has 1 nitrogen and oxygen atoms in total. The van der Waals surface area contributed by atoms with Crippen LogP contribution in [-0.2, 0) is 0 Å². The molecule has 0 heterocycles. The molecule has 82 valence electrons. The second-order valence-electron chi connectivity index (χ2n) is 4.77. The van der Waals surface area contributed by atoms with Crippen molar-refractivity contribution in [3.05, 3.63) is 0 Å². The Hall–Kier alpha value is 0.310. The summed E-state index contributed by atoms with van der Waals surface area (Å²) >= 11 is 2.15. The quantitative estimate of drug-likeness (QED) is 0.728.